The van der Waals surface area contributed by atoms with Crippen molar-refractivity contribution in [3.63, 3.8) is 0 Å². The molecule has 2 N–H and O–H groups in total. The zero-order valence-electron chi connectivity index (χ0n) is 16.5. The molecule has 2 heterocycles. The van der Waals surface area contributed by atoms with Gasteiger partial charge in [0.05, 0.1) is 19.1 Å². The molecule has 29 heavy (non-hydrogen) atoms. The highest BCUT2D eigenvalue weighted by atomic mass is 35.5. The van der Waals surface area contributed by atoms with Crippen molar-refractivity contribution < 1.29 is 18.7 Å². The molecule has 0 radical (unpaired) electrons. The lowest BCUT2D eigenvalue weighted by Gasteiger charge is -2.37. The van der Waals surface area contributed by atoms with Crippen LogP contribution in [-0.2, 0) is 16.0 Å². The number of nitrogens with one attached hydrogen (secondary N) is 2. The number of hydrogen-bond acceptors (Lipinski definition) is 4. The summed E-state index contributed by atoms with van der Waals surface area (Å²) in [6, 6.07) is 2.26. The zero-order chi connectivity index (χ0) is 21.1. The van der Waals surface area contributed by atoms with Gasteiger partial charge in [0.2, 0.25) is 0 Å². The van der Waals surface area contributed by atoms with Gasteiger partial charge >= 0.3 is 12.0 Å². The van der Waals surface area contributed by atoms with Crippen LogP contribution in [-0.4, -0.2) is 46.6 Å². The fourth-order valence-electron chi connectivity index (χ4n) is 3.55. The van der Waals surface area contributed by atoms with Gasteiger partial charge in [-0.25, -0.2) is 19.0 Å². The summed E-state index contributed by atoms with van der Waals surface area (Å²) in [7, 11) is 1.29. The SMILES string of the molecule is CCC(C)C(NC(=O)N1CCc2[nH]cnc2C1c1ccc(F)cc1Cl)C(=O)OC. The van der Waals surface area contributed by atoms with E-state index in [1.54, 1.807) is 17.3 Å². The number of methoxy groups -OCH3 is 1. The molecule has 2 aromatic rings. The molecule has 0 spiro atoms. The first kappa shape index (κ1) is 21.1. The van der Waals surface area contributed by atoms with E-state index in [4.69, 9.17) is 16.3 Å². The molecule has 1 aromatic carbocycles. The number of imidazole rings is 1. The van der Waals surface area contributed by atoms with Crippen LogP contribution in [0.2, 0.25) is 5.02 Å². The molecule has 0 saturated heterocycles. The number of aromatic nitrogens is 2. The van der Waals surface area contributed by atoms with Crippen LogP contribution < -0.4 is 5.32 Å². The van der Waals surface area contributed by atoms with Gasteiger partial charge in [-0.3, -0.25) is 0 Å². The van der Waals surface area contributed by atoms with Crippen LogP contribution >= 0.6 is 11.6 Å². The predicted octanol–water partition coefficient (Wildman–Crippen LogP) is 3.45. The van der Waals surface area contributed by atoms with Crippen LogP contribution in [0.5, 0.6) is 0 Å². The number of carbonyl (C=O) groups is 2. The van der Waals surface area contributed by atoms with Gasteiger partial charge in [0.25, 0.3) is 0 Å². The summed E-state index contributed by atoms with van der Waals surface area (Å²) < 4.78 is 18.4. The van der Waals surface area contributed by atoms with E-state index in [2.05, 4.69) is 15.3 Å². The number of halogens is 2. The van der Waals surface area contributed by atoms with Gasteiger partial charge in [-0.1, -0.05) is 37.9 Å². The van der Waals surface area contributed by atoms with E-state index in [-0.39, 0.29) is 10.9 Å². The smallest absolute Gasteiger partial charge is 0.328 e. The van der Waals surface area contributed by atoms with E-state index in [0.29, 0.717) is 30.6 Å². The van der Waals surface area contributed by atoms with E-state index in [1.807, 2.05) is 13.8 Å². The van der Waals surface area contributed by atoms with Crippen LogP contribution in [0.25, 0.3) is 0 Å². The summed E-state index contributed by atoms with van der Waals surface area (Å²) in [5.74, 6) is -1.07. The third kappa shape index (κ3) is 4.22. The molecule has 0 aliphatic carbocycles. The lowest BCUT2D eigenvalue weighted by molar-refractivity contribution is -0.144. The number of H-pyrrole nitrogens is 1. The molecule has 3 atom stereocenters. The Morgan fingerprint density at radius 1 is 1.48 bits per heavy atom. The Morgan fingerprint density at radius 2 is 2.24 bits per heavy atom. The largest absolute Gasteiger partial charge is 0.467 e. The number of benzene rings is 1. The van der Waals surface area contributed by atoms with E-state index < -0.39 is 29.9 Å². The third-order valence-electron chi connectivity index (χ3n) is 5.39. The predicted molar refractivity (Wildman–Crippen MR) is 106 cm³/mol. The zero-order valence-corrected chi connectivity index (χ0v) is 17.3. The minimum atomic E-state index is -0.776. The summed E-state index contributed by atoms with van der Waals surface area (Å²) in [6.07, 6.45) is 2.83. The Kier molecular flexibility index (Phi) is 6.42. The summed E-state index contributed by atoms with van der Waals surface area (Å²) >= 11 is 6.31. The van der Waals surface area contributed by atoms with Crippen molar-refractivity contribution in [2.45, 2.75) is 38.8 Å². The molecule has 9 heteroatoms. The van der Waals surface area contributed by atoms with Crippen molar-refractivity contribution in [2.75, 3.05) is 13.7 Å². The normalized spacial score (nSPS) is 18.0. The van der Waals surface area contributed by atoms with Gasteiger partial charge in [-0.15, -0.1) is 0 Å². The number of urea groups is 1. The van der Waals surface area contributed by atoms with Crippen molar-refractivity contribution in [3.8, 4) is 0 Å². The maximum Gasteiger partial charge on any atom is 0.328 e. The Bertz CT molecular complexity index is 904. The van der Waals surface area contributed by atoms with Gasteiger partial charge in [-0.05, 0) is 23.6 Å². The van der Waals surface area contributed by atoms with Gasteiger partial charge < -0.3 is 19.9 Å². The minimum absolute atomic E-state index is 0.106. The summed E-state index contributed by atoms with van der Waals surface area (Å²) in [5.41, 5.74) is 2.11. The Morgan fingerprint density at radius 3 is 2.90 bits per heavy atom. The molecule has 0 fully saturated rings. The lowest BCUT2D eigenvalue weighted by atomic mass is 9.95. The first-order valence-corrected chi connectivity index (χ1v) is 9.87. The van der Waals surface area contributed by atoms with Gasteiger partial charge in [0.1, 0.15) is 17.9 Å². The topological polar surface area (TPSA) is 87.3 Å². The number of esters is 1. The van der Waals surface area contributed by atoms with E-state index in [9.17, 15) is 14.0 Å². The highest BCUT2D eigenvalue weighted by Gasteiger charge is 2.37. The standard InChI is InChI=1S/C20H24ClFN4O3/c1-4-11(2)16(19(27)29-3)25-20(28)26-8-7-15-17(24-10-23-15)18(26)13-6-5-12(22)9-14(13)21/h5-6,9-11,16,18H,4,7-8H2,1-3H3,(H,23,24)(H,25,28). The van der Waals surface area contributed by atoms with Crippen LogP contribution in [0.15, 0.2) is 24.5 Å². The van der Waals surface area contributed by atoms with Crippen molar-refractivity contribution in [2.24, 2.45) is 5.92 Å². The van der Waals surface area contributed by atoms with E-state index in [1.165, 1.54) is 19.2 Å². The molecule has 3 rings (SSSR count). The number of ether oxygens (including phenoxy) is 1. The summed E-state index contributed by atoms with van der Waals surface area (Å²) in [5, 5.41) is 3.00. The molecule has 2 amide bonds. The number of hydrogen-bond donors (Lipinski definition) is 2. The second-order valence-electron chi connectivity index (χ2n) is 7.11. The molecule has 0 bridgehead atoms. The van der Waals surface area contributed by atoms with Gasteiger partial charge in [-0.2, -0.15) is 0 Å². The number of carbonyl (C=O) groups excluding carboxylic acids is 2. The molecular weight excluding hydrogens is 399 g/mol. The van der Waals surface area contributed by atoms with Crippen molar-refractivity contribution in [1.29, 1.82) is 0 Å². The molecule has 1 aliphatic rings. The number of amides is 2. The summed E-state index contributed by atoms with van der Waals surface area (Å²) in [6.45, 7) is 4.19. The summed E-state index contributed by atoms with van der Waals surface area (Å²) in [4.78, 5) is 34.4. The second kappa shape index (κ2) is 8.82. The van der Waals surface area contributed by atoms with Crippen LogP contribution in [0.4, 0.5) is 9.18 Å². The molecule has 0 saturated carbocycles. The average Bonchev–Trinajstić information content (AvgIpc) is 3.19. The monoisotopic (exact) mass is 422 g/mol. The second-order valence-corrected chi connectivity index (χ2v) is 7.52. The van der Waals surface area contributed by atoms with Gasteiger partial charge in [0, 0.05) is 23.7 Å². The molecular formula is C20H24ClFN4O3. The molecule has 1 aromatic heterocycles. The molecule has 3 unspecified atom stereocenters. The van der Waals surface area contributed by atoms with Crippen molar-refractivity contribution >= 4 is 23.6 Å². The first-order chi connectivity index (χ1) is 13.9. The molecule has 156 valence electrons. The maximum atomic E-state index is 13.6. The van der Waals surface area contributed by atoms with Crippen LogP contribution in [0.1, 0.15) is 43.3 Å². The van der Waals surface area contributed by atoms with Crippen LogP contribution in [0.3, 0.4) is 0 Å². The Labute approximate surface area is 173 Å². The van der Waals surface area contributed by atoms with E-state index >= 15 is 0 Å². The maximum absolute atomic E-state index is 13.6. The van der Waals surface area contributed by atoms with Crippen LogP contribution in [0, 0.1) is 11.7 Å². The van der Waals surface area contributed by atoms with Gasteiger partial charge in [0.15, 0.2) is 0 Å². The number of fused-ring (bicyclic) bond motifs is 1. The van der Waals surface area contributed by atoms with E-state index in [0.717, 1.165) is 5.69 Å². The number of rotatable bonds is 5. The Hall–Kier alpha value is -2.61. The quantitative estimate of drug-likeness (QED) is 0.722. The number of nitrogens with zero attached hydrogens (tertiary/aromatic N) is 2. The number of aromatic amines is 1. The fourth-order valence-corrected chi connectivity index (χ4v) is 3.82. The lowest BCUT2D eigenvalue weighted by Crippen LogP contribution is -2.53. The minimum Gasteiger partial charge on any atom is -0.467 e. The van der Waals surface area contributed by atoms with Crippen molar-refractivity contribution in [1.82, 2.24) is 20.2 Å². The molecule has 1 aliphatic heterocycles. The Balaban J connectivity index is 1.96. The average molecular weight is 423 g/mol. The van der Waals surface area contributed by atoms with Crippen molar-refractivity contribution in [3.05, 3.63) is 52.3 Å². The highest BCUT2D eigenvalue weighted by molar-refractivity contribution is 6.31. The third-order valence-corrected chi connectivity index (χ3v) is 5.72. The molecule has 7 nitrogen and oxygen atoms in total. The fraction of sp³-hybridized carbons (Fsp3) is 0.450. The first-order valence-electron chi connectivity index (χ1n) is 9.49. The highest BCUT2D eigenvalue weighted by Crippen LogP contribution is 2.37.